The second-order valence-corrected chi connectivity index (χ2v) is 8.89. The molecule has 1 atom stereocenters. The molecular formula is C22H18Cl2N4O2S. The normalized spacial score (nSPS) is 12.0. The molecule has 0 aliphatic carbocycles. The Hall–Kier alpha value is -2.74. The molecule has 0 saturated heterocycles. The van der Waals surface area contributed by atoms with Gasteiger partial charge in [0, 0.05) is 10.7 Å². The molecule has 4 aromatic rings. The molecule has 0 aliphatic heterocycles. The molecule has 0 fully saturated rings. The minimum Gasteiger partial charge on any atom is -0.469 e. The van der Waals surface area contributed by atoms with E-state index in [1.54, 1.807) is 31.4 Å². The molecule has 2 aromatic carbocycles. The number of halogens is 2. The lowest BCUT2D eigenvalue weighted by Gasteiger charge is -2.14. The number of amides is 1. The van der Waals surface area contributed by atoms with Crippen molar-refractivity contribution in [1.82, 2.24) is 14.8 Å². The average molecular weight is 473 g/mol. The summed E-state index contributed by atoms with van der Waals surface area (Å²) in [6.45, 7) is 3.68. The first-order valence-electron chi connectivity index (χ1n) is 9.42. The highest BCUT2D eigenvalue weighted by Crippen LogP contribution is 2.32. The number of aryl methyl sites for hydroxylation is 1. The van der Waals surface area contributed by atoms with Crippen molar-refractivity contribution in [2.24, 2.45) is 0 Å². The fourth-order valence-electron chi connectivity index (χ4n) is 2.98. The van der Waals surface area contributed by atoms with Gasteiger partial charge < -0.3 is 9.73 Å². The van der Waals surface area contributed by atoms with E-state index in [9.17, 15) is 4.79 Å². The molecule has 9 heteroatoms. The van der Waals surface area contributed by atoms with E-state index >= 15 is 0 Å². The minimum atomic E-state index is -0.461. The number of nitrogens with one attached hydrogen (secondary N) is 1. The molecule has 1 unspecified atom stereocenters. The summed E-state index contributed by atoms with van der Waals surface area (Å²) in [7, 11) is 0. The van der Waals surface area contributed by atoms with Crippen molar-refractivity contribution in [1.29, 1.82) is 0 Å². The number of furan rings is 1. The molecule has 4 rings (SSSR count). The summed E-state index contributed by atoms with van der Waals surface area (Å²) < 4.78 is 7.37. The lowest BCUT2D eigenvalue weighted by atomic mass is 10.2. The molecule has 0 aliphatic rings. The third-order valence-corrected chi connectivity index (χ3v) is 6.18. The summed E-state index contributed by atoms with van der Waals surface area (Å²) in [4.78, 5) is 12.8. The number of carbonyl (C=O) groups is 1. The summed E-state index contributed by atoms with van der Waals surface area (Å²) in [5.74, 6) is 1.18. The summed E-state index contributed by atoms with van der Waals surface area (Å²) in [6, 6.07) is 16.5. The Morgan fingerprint density at radius 2 is 1.90 bits per heavy atom. The van der Waals surface area contributed by atoms with Crippen LogP contribution >= 0.6 is 35.0 Å². The Balaban J connectivity index is 1.63. The Bertz CT molecular complexity index is 1220. The smallest absolute Gasteiger partial charge is 0.237 e. The van der Waals surface area contributed by atoms with Crippen molar-refractivity contribution in [2.75, 3.05) is 5.32 Å². The van der Waals surface area contributed by atoms with Gasteiger partial charge in [-0.25, -0.2) is 0 Å². The lowest BCUT2D eigenvalue weighted by molar-refractivity contribution is -0.115. The van der Waals surface area contributed by atoms with E-state index in [-0.39, 0.29) is 5.91 Å². The van der Waals surface area contributed by atoms with E-state index < -0.39 is 5.25 Å². The van der Waals surface area contributed by atoms with Gasteiger partial charge in [-0.3, -0.25) is 9.36 Å². The van der Waals surface area contributed by atoms with E-state index in [2.05, 4.69) is 15.5 Å². The van der Waals surface area contributed by atoms with Crippen molar-refractivity contribution in [3.8, 4) is 17.1 Å². The molecule has 0 radical (unpaired) electrons. The number of benzene rings is 2. The molecule has 31 heavy (non-hydrogen) atoms. The number of anilines is 1. The SMILES string of the molecule is Cc1occc1-c1nnc(SC(C)C(=O)Nc2ccc(Cl)cc2Cl)n1-c1ccccc1. The van der Waals surface area contributed by atoms with E-state index in [1.165, 1.54) is 11.8 Å². The van der Waals surface area contributed by atoms with Gasteiger partial charge in [0.1, 0.15) is 5.76 Å². The quantitative estimate of drug-likeness (QED) is 0.335. The number of para-hydroxylation sites is 1. The van der Waals surface area contributed by atoms with Gasteiger partial charge in [0.05, 0.1) is 27.8 Å². The van der Waals surface area contributed by atoms with Crippen molar-refractivity contribution in [3.63, 3.8) is 0 Å². The number of nitrogens with zero attached hydrogens (tertiary/aromatic N) is 3. The molecular weight excluding hydrogens is 455 g/mol. The predicted octanol–water partition coefficient (Wildman–Crippen LogP) is 6.26. The van der Waals surface area contributed by atoms with Gasteiger partial charge in [0.25, 0.3) is 0 Å². The van der Waals surface area contributed by atoms with E-state index in [4.69, 9.17) is 27.6 Å². The summed E-state index contributed by atoms with van der Waals surface area (Å²) >= 11 is 13.4. The van der Waals surface area contributed by atoms with Crippen molar-refractivity contribution in [3.05, 3.63) is 76.7 Å². The summed E-state index contributed by atoms with van der Waals surface area (Å²) in [5, 5.41) is 12.6. The number of thioether (sulfide) groups is 1. The Labute approximate surface area is 193 Å². The molecule has 1 amide bonds. The van der Waals surface area contributed by atoms with Crippen LogP contribution in [-0.2, 0) is 4.79 Å². The third-order valence-electron chi connectivity index (χ3n) is 4.59. The maximum atomic E-state index is 12.8. The van der Waals surface area contributed by atoms with Gasteiger partial charge in [-0.05, 0) is 50.2 Å². The second-order valence-electron chi connectivity index (χ2n) is 6.74. The Kier molecular flexibility index (Phi) is 6.36. The number of hydrogen-bond acceptors (Lipinski definition) is 5. The van der Waals surface area contributed by atoms with Crippen LogP contribution in [0.3, 0.4) is 0 Å². The van der Waals surface area contributed by atoms with Crippen LogP contribution in [0.25, 0.3) is 17.1 Å². The van der Waals surface area contributed by atoms with Crippen LogP contribution in [0.5, 0.6) is 0 Å². The molecule has 2 aromatic heterocycles. The number of aromatic nitrogens is 3. The molecule has 0 bridgehead atoms. The second kappa shape index (κ2) is 9.18. The summed E-state index contributed by atoms with van der Waals surface area (Å²) in [5.41, 5.74) is 2.23. The van der Waals surface area contributed by atoms with Gasteiger partial charge in [0.2, 0.25) is 5.91 Å². The largest absolute Gasteiger partial charge is 0.469 e. The van der Waals surface area contributed by atoms with Gasteiger partial charge in [-0.15, -0.1) is 10.2 Å². The maximum absolute atomic E-state index is 12.8. The highest BCUT2D eigenvalue weighted by molar-refractivity contribution is 8.00. The van der Waals surface area contributed by atoms with Crippen LogP contribution in [-0.4, -0.2) is 25.9 Å². The zero-order valence-corrected chi connectivity index (χ0v) is 19.0. The van der Waals surface area contributed by atoms with Crippen LogP contribution in [0.15, 0.2) is 70.4 Å². The third kappa shape index (κ3) is 4.63. The molecule has 158 valence electrons. The van der Waals surface area contributed by atoms with E-state index in [1.807, 2.05) is 47.9 Å². The topological polar surface area (TPSA) is 72.9 Å². The van der Waals surface area contributed by atoms with Gasteiger partial charge in [-0.1, -0.05) is 53.2 Å². The fraction of sp³-hybridized carbons (Fsp3) is 0.136. The Morgan fingerprint density at radius 1 is 1.13 bits per heavy atom. The van der Waals surface area contributed by atoms with Crippen LogP contribution in [0.4, 0.5) is 5.69 Å². The van der Waals surface area contributed by atoms with Crippen molar-refractivity contribution < 1.29 is 9.21 Å². The monoisotopic (exact) mass is 472 g/mol. The van der Waals surface area contributed by atoms with Gasteiger partial charge in [0.15, 0.2) is 11.0 Å². The van der Waals surface area contributed by atoms with Crippen molar-refractivity contribution >= 4 is 46.6 Å². The fourth-order valence-corrected chi connectivity index (χ4v) is 4.31. The zero-order valence-electron chi connectivity index (χ0n) is 16.7. The number of carbonyl (C=O) groups excluding carboxylic acids is 1. The predicted molar refractivity (Wildman–Crippen MR) is 124 cm³/mol. The number of rotatable bonds is 6. The molecule has 2 heterocycles. The zero-order chi connectivity index (χ0) is 22.0. The molecule has 0 spiro atoms. The molecule has 1 N–H and O–H groups in total. The molecule has 0 saturated carbocycles. The van der Waals surface area contributed by atoms with E-state index in [0.29, 0.717) is 26.7 Å². The first-order valence-corrected chi connectivity index (χ1v) is 11.1. The van der Waals surface area contributed by atoms with Crippen LogP contribution in [0, 0.1) is 6.92 Å². The average Bonchev–Trinajstić information content (AvgIpc) is 3.36. The van der Waals surface area contributed by atoms with Gasteiger partial charge >= 0.3 is 0 Å². The van der Waals surface area contributed by atoms with Gasteiger partial charge in [-0.2, -0.15) is 0 Å². The number of hydrogen-bond donors (Lipinski definition) is 1. The maximum Gasteiger partial charge on any atom is 0.237 e. The van der Waals surface area contributed by atoms with Crippen molar-refractivity contribution in [2.45, 2.75) is 24.3 Å². The first kappa shape index (κ1) is 21.5. The van der Waals surface area contributed by atoms with Crippen LogP contribution < -0.4 is 5.32 Å². The molecule has 6 nitrogen and oxygen atoms in total. The minimum absolute atomic E-state index is 0.210. The van der Waals surface area contributed by atoms with Crippen LogP contribution in [0.2, 0.25) is 10.0 Å². The standard InChI is InChI=1S/C22H18Cl2N4O2S/c1-13-17(10-11-30-13)20-26-27-22(28(20)16-6-4-3-5-7-16)31-14(2)21(29)25-19-9-8-15(23)12-18(19)24/h3-12,14H,1-2H3,(H,25,29). The van der Waals surface area contributed by atoms with Crippen LogP contribution in [0.1, 0.15) is 12.7 Å². The lowest BCUT2D eigenvalue weighted by Crippen LogP contribution is -2.23. The highest BCUT2D eigenvalue weighted by Gasteiger charge is 2.23. The Morgan fingerprint density at radius 3 is 2.58 bits per heavy atom. The van der Waals surface area contributed by atoms with E-state index in [0.717, 1.165) is 17.0 Å². The summed E-state index contributed by atoms with van der Waals surface area (Å²) in [6.07, 6.45) is 1.62. The first-order chi connectivity index (χ1) is 14.9. The highest BCUT2D eigenvalue weighted by atomic mass is 35.5.